The molecule has 37 heavy (non-hydrogen) atoms. The van der Waals surface area contributed by atoms with E-state index in [9.17, 15) is 19.2 Å². The molecule has 0 saturated carbocycles. The number of benzene rings is 2. The van der Waals surface area contributed by atoms with E-state index in [1.54, 1.807) is 42.8 Å². The number of thioether (sulfide) groups is 1. The van der Waals surface area contributed by atoms with Crippen LogP contribution < -0.4 is 21.9 Å². The van der Waals surface area contributed by atoms with Crippen molar-refractivity contribution in [2.75, 3.05) is 16.4 Å². The van der Waals surface area contributed by atoms with Gasteiger partial charge in [-0.25, -0.2) is 9.78 Å². The third kappa shape index (κ3) is 5.67. The minimum Gasteiger partial charge on any atom is -0.326 e. The van der Waals surface area contributed by atoms with E-state index in [1.807, 2.05) is 31.2 Å². The Bertz CT molecular complexity index is 1580. The number of nitrogens with one attached hydrogen (secondary N) is 2. The first-order valence-electron chi connectivity index (χ1n) is 11.7. The SMILES string of the molecule is CCC(=O)Nc1ccc(NC(=O)CSc2nc3c(c(=O)n(C)c(=O)n3C)n2Cc2ccc(C)cc2)cc1. The molecule has 0 aliphatic rings. The third-order valence-corrected chi connectivity index (χ3v) is 6.86. The van der Waals surface area contributed by atoms with Gasteiger partial charge < -0.3 is 15.2 Å². The van der Waals surface area contributed by atoms with Gasteiger partial charge in [-0.15, -0.1) is 0 Å². The number of hydrogen-bond donors (Lipinski definition) is 2. The maximum atomic E-state index is 13.0. The van der Waals surface area contributed by atoms with Crippen LogP contribution in [0, 0.1) is 6.92 Å². The second-order valence-corrected chi connectivity index (χ2v) is 9.60. The van der Waals surface area contributed by atoms with Gasteiger partial charge in [0, 0.05) is 31.9 Å². The fourth-order valence-corrected chi connectivity index (χ4v) is 4.57. The molecule has 0 spiro atoms. The zero-order valence-corrected chi connectivity index (χ0v) is 21.9. The highest BCUT2D eigenvalue weighted by atomic mass is 32.2. The summed E-state index contributed by atoms with van der Waals surface area (Å²) in [6.45, 7) is 4.13. The number of aryl methyl sites for hydroxylation is 2. The summed E-state index contributed by atoms with van der Waals surface area (Å²) in [4.78, 5) is 54.3. The molecule has 0 radical (unpaired) electrons. The average molecular weight is 521 g/mol. The van der Waals surface area contributed by atoms with E-state index in [1.165, 1.54) is 23.4 Å². The summed E-state index contributed by atoms with van der Waals surface area (Å²) in [7, 11) is 3.01. The molecule has 2 aromatic carbocycles. The van der Waals surface area contributed by atoms with Crippen LogP contribution >= 0.6 is 11.8 Å². The fraction of sp³-hybridized carbons (Fsp3) is 0.269. The molecule has 0 aliphatic carbocycles. The molecule has 11 heteroatoms. The van der Waals surface area contributed by atoms with Crippen molar-refractivity contribution in [3.05, 3.63) is 80.5 Å². The van der Waals surface area contributed by atoms with Crippen molar-refractivity contribution in [3.8, 4) is 0 Å². The fourth-order valence-electron chi connectivity index (χ4n) is 3.77. The van der Waals surface area contributed by atoms with E-state index in [0.717, 1.165) is 15.7 Å². The number of aromatic nitrogens is 4. The number of anilines is 2. The van der Waals surface area contributed by atoms with Crippen LogP contribution in [-0.4, -0.2) is 36.3 Å². The lowest BCUT2D eigenvalue weighted by molar-refractivity contribution is -0.116. The van der Waals surface area contributed by atoms with Gasteiger partial charge in [0.2, 0.25) is 11.8 Å². The smallest absolute Gasteiger partial charge is 0.326 e. The normalized spacial score (nSPS) is 11.0. The van der Waals surface area contributed by atoms with Gasteiger partial charge in [-0.3, -0.25) is 23.5 Å². The summed E-state index contributed by atoms with van der Waals surface area (Å²) in [5.74, 6) is -0.306. The van der Waals surface area contributed by atoms with Gasteiger partial charge in [0.15, 0.2) is 16.3 Å². The predicted molar refractivity (Wildman–Crippen MR) is 145 cm³/mol. The second kappa shape index (κ2) is 10.9. The van der Waals surface area contributed by atoms with Crippen molar-refractivity contribution in [1.29, 1.82) is 0 Å². The molecule has 10 nitrogen and oxygen atoms in total. The molecular weight excluding hydrogens is 492 g/mol. The highest BCUT2D eigenvalue weighted by molar-refractivity contribution is 7.99. The van der Waals surface area contributed by atoms with Crippen molar-refractivity contribution < 1.29 is 9.59 Å². The lowest BCUT2D eigenvalue weighted by Gasteiger charge is -2.10. The van der Waals surface area contributed by atoms with Gasteiger partial charge in [-0.05, 0) is 36.8 Å². The van der Waals surface area contributed by atoms with E-state index in [2.05, 4.69) is 15.6 Å². The minimum absolute atomic E-state index is 0.0415. The Morgan fingerprint density at radius 3 is 2.08 bits per heavy atom. The van der Waals surface area contributed by atoms with Gasteiger partial charge in [-0.2, -0.15) is 0 Å². The first-order chi connectivity index (χ1) is 17.7. The topological polar surface area (TPSA) is 120 Å². The van der Waals surface area contributed by atoms with Crippen LogP contribution in [0.1, 0.15) is 24.5 Å². The Balaban J connectivity index is 1.58. The molecule has 4 rings (SSSR count). The number of amides is 2. The van der Waals surface area contributed by atoms with Gasteiger partial charge >= 0.3 is 5.69 Å². The molecule has 0 atom stereocenters. The maximum absolute atomic E-state index is 13.0. The Hall–Kier alpha value is -4.12. The number of hydrogen-bond acceptors (Lipinski definition) is 6. The molecule has 0 saturated heterocycles. The minimum atomic E-state index is -0.467. The van der Waals surface area contributed by atoms with Crippen LogP contribution in [0.5, 0.6) is 0 Å². The highest BCUT2D eigenvalue weighted by Gasteiger charge is 2.20. The number of fused-ring (bicyclic) bond motifs is 1. The van der Waals surface area contributed by atoms with Crippen molar-refractivity contribution in [3.63, 3.8) is 0 Å². The quantitative estimate of drug-likeness (QED) is 0.345. The van der Waals surface area contributed by atoms with Gasteiger partial charge in [0.1, 0.15) is 0 Å². The van der Waals surface area contributed by atoms with Gasteiger partial charge in [0.25, 0.3) is 5.56 Å². The number of imidazole rings is 1. The van der Waals surface area contributed by atoms with Gasteiger partial charge in [0.05, 0.1) is 12.3 Å². The summed E-state index contributed by atoms with van der Waals surface area (Å²) < 4.78 is 4.15. The summed E-state index contributed by atoms with van der Waals surface area (Å²) >= 11 is 1.19. The number of rotatable bonds is 8. The van der Waals surface area contributed by atoms with Crippen LogP contribution in [0.25, 0.3) is 11.2 Å². The summed E-state index contributed by atoms with van der Waals surface area (Å²) in [6.07, 6.45) is 0.380. The molecular formula is C26H28N6O4S. The Kier molecular flexibility index (Phi) is 7.63. The monoisotopic (exact) mass is 520 g/mol. The van der Waals surface area contributed by atoms with Crippen LogP contribution in [0.4, 0.5) is 11.4 Å². The van der Waals surface area contributed by atoms with Crippen molar-refractivity contribution >= 4 is 46.1 Å². The Morgan fingerprint density at radius 2 is 1.49 bits per heavy atom. The Labute approximate surface area is 217 Å². The largest absolute Gasteiger partial charge is 0.332 e. The highest BCUT2D eigenvalue weighted by Crippen LogP contribution is 2.24. The van der Waals surface area contributed by atoms with Crippen molar-refractivity contribution in [2.24, 2.45) is 14.1 Å². The molecule has 2 aromatic heterocycles. The van der Waals surface area contributed by atoms with E-state index in [-0.39, 0.29) is 23.2 Å². The summed E-state index contributed by atoms with van der Waals surface area (Å²) in [5, 5.41) is 6.05. The van der Waals surface area contributed by atoms with Crippen molar-refractivity contribution in [2.45, 2.75) is 32.0 Å². The zero-order valence-electron chi connectivity index (χ0n) is 21.1. The van der Waals surface area contributed by atoms with E-state index in [4.69, 9.17) is 0 Å². The van der Waals surface area contributed by atoms with Crippen LogP contribution in [0.15, 0.2) is 63.3 Å². The standard InChI is InChI=1S/C26H28N6O4S/c1-5-20(33)27-18-10-12-19(13-11-18)28-21(34)15-37-25-29-23-22(24(35)31(4)26(36)30(23)3)32(25)14-17-8-6-16(2)7-9-17/h6-13H,5,14-15H2,1-4H3,(H,27,33)(H,28,34). The lowest BCUT2D eigenvalue weighted by atomic mass is 10.1. The van der Waals surface area contributed by atoms with E-state index < -0.39 is 11.2 Å². The first kappa shape index (κ1) is 26.0. The molecule has 4 aromatic rings. The Morgan fingerprint density at radius 1 is 0.892 bits per heavy atom. The van der Waals surface area contributed by atoms with E-state index in [0.29, 0.717) is 35.0 Å². The molecule has 0 fully saturated rings. The zero-order chi connectivity index (χ0) is 26.7. The van der Waals surface area contributed by atoms with Crippen LogP contribution in [-0.2, 0) is 30.2 Å². The molecule has 0 unspecified atom stereocenters. The second-order valence-electron chi connectivity index (χ2n) is 8.66. The van der Waals surface area contributed by atoms with Crippen molar-refractivity contribution in [1.82, 2.24) is 18.7 Å². The average Bonchev–Trinajstić information content (AvgIpc) is 3.25. The van der Waals surface area contributed by atoms with Crippen LogP contribution in [0.2, 0.25) is 0 Å². The predicted octanol–water partition coefficient (Wildman–Crippen LogP) is 2.87. The van der Waals surface area contributed by atoms with E-state index >= 15 is 0 Å². The number of carbonyl (C=O) groups excluding carboxylic acids is 2. The number of carbonyl (C=O) groups is 2. The molecule has 0 bridgehead atoms. The molecule has 2 amide bonds. The number of nitrogens with zero attached hydrogens (tertiary/aromatic N) is 4. The molecule has 2 N–H and O–H groups in total. The summed E-state index contributed by atoms with van der Waals surface area (Å²) in [6, 6.07) is 14.8. The first-order valence-corrected chi connectivity index (χ1v) is 12.7. The summed E-state index contributed by atoms with van der Waals surface area (Å²) in [5.41, 5.74) is 2.98. The van der Waals surface area contributed by atoms with Crippen LogP contribution in [0.3, 0.4) is 0 Å². The molecule has 0 aliphatic heterocycles. The maximum Gasteiger partial charge on any atom is 0.332 e. The van der Waals surface area contributed by atoms with Gasteiger partial charge in [-0.1, -0.05) is 48.5 Å². The third-order valence-electron chi connectivity index (χ3n) is 5.88. The molecule has 192 valence electrons. The molecule has 2 heterocycles. The lowest BCUT2D eigenvalue weighted by Crippen LogP contribution is -2.37.